The Morgan fingerprint density at radius 2 is 1.03 bits per heavy atom. The van der Waals surface area contributed by atoms with Gasteiger partial charge in [-0.2, -0.15) is 5.54 Å². The summed E-state index contributed by atoms with van der Waals surface area (Å²) in [6, 6.07) is 27.1. The number of fused-ring (bicyclic) bond motifs is 3. The Hall–Kier alpha value is -1.44. The molecule has 4 atom stereocenters. The van der Waals surface area contributed by atoms with Crippen LogP contribution in [-0.4, -0.2) is 8.07 Å². The predicted octanol–water partition coefficient (Wildman–Crippen LogP) is 2.46. The zero-order valence-corrected chi connectivity index (χ0v) is 25.5. The third-order valence-corrected chi connectivity index (χ3v) is 14.3. The summed E-state index contributed by atoms with van der Waals surface area (Å²) in [4.78, 5) is 0. The van der Waals surface area contributed by atoms with E-state index in [9.17, 15) is 0 Å². The van der Waals surface area contributed by atoms with Gasteiger partial charge in [-0.3, -0.25) is 0 Å². The molecule has 36 heavy (non-hydrogen) atoms. The zero-order chi connectivity index (χ0) is 22.2. The van der Waals surface area contributed by atoms with Gasteiger partial charge in [-0.25, -0.2) is 0 Å². The van der Waals surface area contributed by atoms with Gasteiger partial charge in [0.25, 0.3) is 0 Å². The van der Waals surface area contributed by atoms with Crippen LogP contribution in [0.25, 0.3) is 18.2 Å². The van der Waals surface area contributed by atoms with E-state index in [2.05, 4.69) is 129 Å². The second-order valence-corrected chi connectivity index (χ2v) is 15.7. The maximum Gasteiger partial charge on any atom is 3.00 e. The molecule has 3 aromatic rings. The molecule has 1 saturated heterocycles. The van der Waals surface area contributed by atoms with Crippen LogP contribution in [0.1, 0.15) is 51.1 Å². The molecule has 0 bridgehead atoms. The van der Waals surface area contributed by atoms with Gasteiger partial charge < -0.3 is 31.2 Å². The van der Waals surface area contributed by atoms with E-state index in [1.54, 1.807) is 0 Å². The van der Waals surface area contributed by atoms with Crippen LogP contribution >= 0.6 is 0 Å². The van der Waals surface area contributed by atoms with Gasteiger partial charge in [-0.05, 0) is 32.9 Å². The van der Waals surface area contributed by atoms with Crippen molar-refractivity contribution < 1.29 is 51.0 Å². The van der Waals surface area contributed by atoms with Crippen LogP contribution in [0.15, 0.2) is 91.0 Å². The van der Waals surface area contributed by atoms with Crippen molar-refractivity contribution in [1.29, 1.82) is 0 Å². The van der Waals surface area contributed by atoms with Crippen molar-refractivity contribution in [3.63, 3.8) is 0 Å². The van der Waals surface area contributed by atoms with Gasteiger partial charge in [0.15, 0.2) is 0 Å². The summed E-state index contributed by atoms with van der Waals surface area (Å²) in [5.41, 5.74) is 9.43. The summed E-state index contributed by atoms with van der Waals surface area (Å²) in [5.74, 6) is 1.40. The first kappa shape index (κ1) is 27.6. The molecule has 0 nitrogen and oxygen atoms in total. The van der Waals surface area contributed by atoms with Crippen LogP contribution in [0.2, 0.25) is 23.7 Å². The Morgan fingerprint density at radius 3 is 1.56 bits per heavy atom. The van der Waals surface area contributed by atoms with E-state index < -0.39 is 8.07 Å². The molecule has 4 heteroatoms. The van der Waals surface area contributed by atoms with Crippen LogP contribution < -0.4 is 24.8 Å². The van der Waals surface area contributed by atoms with Gasteiger partial charge in [-0.15, -0.1) is 12.0 Å². The topological polar surface area (TPSA) is 0 Å². The fraction of sp³-hybridized carbons (Fsp3) is 0.219. The van der Waals surface area contributed by atoms with Gasteiger partial charge in [0.05, 0.1) is 0 Å². The zero-order valence-electron chi connectivity index (χ0n) is 20.5. The van der Waals surface area contributed by atoms with E-state index in [1.165, 1.54) is 33.4 Å². The number of hydrogen-bond acceptors (Lipinski definition) is 0. The fourth-order valence-corrected chi connectivity index (χ4v) is 13.5. The van der Waals surface area contributed by atoms with Crippen molar-refractivity contribution in [1.82, 2.24) is 0 Å². The van der Waals surface area contributed by atoms with Gasteiger partial charge in [-0.1, -0.05) is 122 Å². The average molecular weight is 604 g/mol. The molecule has 4 aliphatic rings. The summed E-state index contributed by atoms with van der Waals surface area (Å²) in [6.07, 6.45) is 17.4. The smallest absolute Gasteiger partial charge is 1.00 e. The average Bonchev–Trinajstić information content (AvgIpc) is 3.39. The number of hydrogen-bond donors (Lipinski definition) is 0. The third kappa shape index (κ3) is 3.70. The Balaban J connectivity index is 0.00000101. The van der Waals surface area contributed by atoms with Crippen LogP contribution in [0.3, 0.4) is 0 Å². The molecule has 1 heterocycles. The second-order valence-electron chi connectivity index (χ2n) is 10.8. The van der Waals surface area contributed by atoms with Gasteiger partial charge in [0, 0.05) is 19.9 Å². The van der Waals surface area contributed by atoms with Crippen molar-refractivity contribution in [3.8, 4) is 0 Å². The second kappa shape index (κ2) is 10.0. The van der Waals surface area contributed by atoms with Crippen LogP contribution in [0, 0.1) is 6.42 Å². The first-order valence-electron chi connectivity index (χ1n) is 12.3. The first-order chi connectivity index (χ1) is 16.1. The van der Waals surface area contributed by atoms with Crippen molar-refractivity contribution in [2.24, 2.45) is 0 Å². The maximum atomic E-state index is 2.75. The molecule has 7 rings (SSSR count). The summed E-state index contributed by atoms with van der Waals surface area (Å²) in [7, 11) is -1.62. The third-order valence-electron chi connectivity index (χ3n) is 9.19. The Labute approximate surface area is 247 Å². The monoisotopic (exact) mass is 601 g/mol. The van der Waals surface area contributed by atoms with E-state index in [-0.39, 0.29) is 56.1 Å². The molecule has 0 saturated carbocycles. The number of benzene rings is 3. The molecule has 1 fully saturated rings. The molecule has 1 radical (unpaired) electrons. The molecular weight excluding hydrogens is 575 g/mol. The Bertz CT molecular complexity index is 1310. The van der Waals surface area contributed by atoms with E-state index >= 15 is 0 Å². The molecule has 0 N–H and O–H groups in total. The molecular formula is C32H29Cl2SiZr. The van der Waals surface area contributed by atoms with E-state index in [0.29, 0.717) is 23.3 Å². The molecule has 1 aliphatic heterocycles. The largest absolute Gasteiger partial charge is 3.00 e. The number of halogens is 2. The quantitative estimate of drug-likeness (QED) is 0.318. The molecule has 4 unspecified atom stereocenters. The molecule has 3 aliphatic carbocycles. The normalized spacial score (nSPS) is 28.8. The van der Waals surface area contributed by atoms with E-state index in [1.807, 2.05) is 0 Å². The molecule has 179 valence electrons. The van der Waals surface area contributed by atoms with Gasteiger partial charge in [0.2, 0.25) is 0 Å². The Kier molecular flexibility index (Phi) is 7.69. The molecule has 0 amide bonds. The van der Waals surface area contributed by atoms with Crippen LogP contribution in [0.5, 0.6) is 0 Å². The number of rotatable bonds is 4. The minimum Gasteiger partial charge on any atom is -1.00 e. The number of allylic oxidation sites excluding steroid dienone is 3. The minimum atomic E-state index is -1.62. The van der Waals surface area contributed by atoms with E-state index in [4.69, 9.17) is 0 Å². The SMILES string of the molecule is C[Si]1(C)C([CH-]C2C=Cc3ccccc32)C1(C1C=Cc2ccccc21)C1C=Cc2ccccc21.[Cl-].[Cl-].[Zr+3]. The van der Waals surface area contributed by atoms with Crippen molar-refractivity contribution in [2.75, 3.05) is 0 Å². The summed E-state index contributed by atoms with van der Waals surface area (Å²) >= 11 is 0. The summed E-state index contributed by atoms with van der Waals surface area (Å²) in [6.45, 7) is 5.31. The van der Waals surface area contributed by atoms with Crippen LogP contribution in [0.4, 0.5) is 0 Å². The molecule has 0 spiro atoms. The van der Waals surface area contributed by atoms with Crippen molar-refractivity contribution in [2.45, 2.75) is 41.4 Å². The first-order valence-corrected chi connectivity index (χ1v) is 15.4. The summed E-state index contributed by atoms with van der Waals surface area (Å²) in [5, 5.41) is 0.268. The fourth-order valence-electron chi connectivity index (χ4n) is 7.64. The molecule has 3 aromatic carbocycles. The van der Waals surface area contributed by atoms with Crippen molar-refractivity contribution in [3.05, 3.63) is 131 Å². The Morgan fingerprint density at radius 1 is 0.611 bits per heavy atom. The maximum absolute atomic E-state index is 2.75. The van der Waals surface area contributed by atoms with Crippen molar-refractivity contribution >= 4 is 26.3 Å². The minimum absolute atomic E-state index is 0. The predicted molar refractivity (Wildman–Crippen MR) is 143 cm³/mol. The molecule has 0 aromatic heterocycles. The van der Waals surface area contributed by atoms with Gasteiger partial charge in [0.1, 0.15) is 0 Å². The van der Waals surface area contributed by atoms with Gasteiger partial charge >= 0.3 is 26.2 Å². The standard InChI is InChI=1S/C32H29Si.2ClH.Zr/c1-33(2)31(21-25-16-15-22-9-3-6-12-26(22)25)32(33,29-19-17-23-10-4-7-13-27(23)29)30-20-18-24-11-5-8-14-28(24)30;;;/h3-21,25,29-31H,1-2H3;2*1H;/q-1;;;+3/p-2. The van der Waals surface area contributed by atoms with Crippen LogP contribution in [-0.2, 0) is 26.2 Å². The summed E-state index contributed by atoms with van der Waals surface area (Å²) < 4.78 is 0. The van der Waals surface area contributed by atoms with E-state index in [0.717, 1.165) is 0 Å².